The van der Waals surface area contributed by atoms with E-state index in [1.54, 1.807) is 19.9 Å². The summed E-state index contributed by atoms with van der Waals surface area (Å²) in [5.41, 5.74) is 2.35. The minimum Gasteiger partial charge on any atom is -0.508 e. The molecule has 1 saturated carbocycles. The Morgan fingerprint density at radius 3 is 2.19 bits per heavy atom. The third-order valence-corrected chi connectivity index (χ3v) is 8.24. The maximum absolute atomic E-state index is 14.0. The van der Waals surface area contributed by atoms with Crippen LogP contribution in [0, 0.1) is 18.8 Å². The minimum absolute atomic E-state index is 0.0147. The number of fused-ring (bicyclic) bond motifs is 3. The monoisotopic (exact) mass is 514 g/mol. The lowest BCUT2D eigenvalue weighted by atomic mass is 9.54. The Balaban J connectivity index is 2.10. The number of rotatable bonds is 2. The lowest BCUT2D eigenvalue weighted by Gasteiger charge is -2.54. The number of hydrogen-bond acceptors (Lipinski definition) is 9. The number of phenolic OH excluding ortho intramolecular Hbond substituents is 1. The van der Waals surface area contributed by atoms with E-state index < -0.39 is 81.1 Å². The number of aryl methyl sites for hydroxylation is 1. The third kappa shape index (κ3) is 3.32. The molecule has 6 unspecified atom stereocenters. The van der Waals surface area contributed by atoms with Gasteiger partial charge in [0.1, 0.15) is 22.8 Å². The number of carbonyl (C=O) groups is 3. The highest BCUT2D eigenvalue weighted by Gasteiger charge is 2.68. The first-order chi connectivity index (χ1) is 16.9. The molecule has 4 rings (SSSR count). The van der Waals surface area contributed by atoms with Crippen LogP contribution in [0.25, 0.3) is 5.76 Å². The van der Waals surface area contributed by atoms with E-state index in [9.17, 15) is 39.9 Å². The number of ketones is 2. The van der Waals surface area contributed by atoms with E-state index in [1.165, 1.54) is 19.0 Å². The van der Waals surface area contributed by atoms with Gasteiger partial charge in [-0.2, -0.15) is 0 Å². The van der Waals surface area contributed by atoms with Crippen molar-refractivity contribution in [1.29, 1.82) is 0 Å². The van der Waals surface area contributed by atoms with Crippen LogP contribution < -0.4 is 5.73 Å². The molecule has 10 heteroatoms. The Morgan fingerprint density at radius 2 is 1.70 bits per heavy atom. The van der Waals surface area contributed by atoms with Gasteiger partial charge in [-0.1, -0.05) is 33.8 Å². The highest BCUT2D eigenvalue weighted by Crippen LogP contribution is 2.57. The molecule has 7 N–H and O–H groups in total. The smallest absolute Gasteiger partial charge is 0.255 e. The number of amides is 1. The number of aliphatic hydroxyl groups excluding tert-OH is 3. The van der Waals surface area contributed by atoms with Gasteiger partial charge in [-0.05, 0) is 43.5 Å². The second-order valence-corrected chi connectivity index (χ2v) is 11.7. The molecule has 3 aliphatic carbocycles. The van der Waals surface area contributed by atoms with Gasteiger partial charge >= 0.3 is 0 Å². The number of aliphatic hydroxyl groups is 4. The maximum Gasteiger partial charge on any atom is 0.255 e. The average molecular weight is 515 g/mol. The molecule has 10 nitrogen and oxygen atoms in total. The molecule has 0 spiro atoms. The SMILES string of the molecule is Cc1cc(C(C)(C)C)c(O)c2c1C(C)C1C(=C2O)C(=O)C2(O)C(O)=C(C(N)=O)C(=O)C(N(C)C)C2C1O. The molecule has 200 valence electrons. The summed E-state index contributed by atoms with van der Waals surface area (Å²) in [6.45, 7) is 9.16. The summed E-state index contributed by atoms with van der Waals surface area (Å²) in [5.74, 6) is -8.84. The van der Waals surface area contributed by atoms with Crippen molar-refractivity contribution in [3.63, 3.8) is 0 Å². The molecule has 1 fully saturated rings. The first-order valence-corrected chi connectivity index (χ1v) is 12.1. The number of nitrogens with zero attached hydrogens (tertiary/aromatic N) is 1. The Hall–Kier alpha value is -3.21. The Bertz CT molecular complexity index is 1320. The fraction of sp³-hybridized carbons (Fsp3) is 0.519. The van der Waals surface area contributed by atoms with Crippen molar-refractivity contribution in [3.05, 3.63) is 45.2 Å². The molecule has 0 saturated heterocycles. The molecule has 37 heavy (non-hydrogen) atoms. The van der Waals surface area contributed by atoms with E-state index in [4.69, 9.17) is 5.73 Å². The van der Waals surface area contributed by atoms with E-state index in [0.717, 1.165) is 5.56 Å². The fourth-order valence-corrected chi connectivity index (χ4v) is 6.59. The second-order valence-electron chi connectivity index (χ2n) is 11.7. The van der Waals surface area contributed by atoms with Gasteiger partial charge in [0.25, 0.3) is 5.91 Å². The molecule has 6 atom stereocenters. The van der Waals surface area contributed by atoms with Gasteiger partial charge in [-0.25, -0.2) is 0 Å². The largest absolute Gasteiger partial charge is 0.508 e. The second kappa shape index (κ2) is 8.14. The number of carbonyl (C=O) groups excluding carboxylic acids is 3. The number of likely N-dealkylation sites (N-methyl/N-ethyl adjacent to an activating group) is 1. The van der Waals surface area contributed by atoms with E-state index in [2.05, 4.69) is 0 Å². The molecule has 0 aromatic heterocycles. The van der Waals surface area contributed by atoms with Crippen molar-refractivity contribution >= 4 is 23.2 Å². The molecule has 0 heterocycles. The standard InChI is InChI=1S/C27H34N2O8/c1-9-8-11(26(3,4)5)19(30)14-12(9)10(2)13-15(20(14)31)23(34)27(37)17(21(13)32)18(29(6)7)22(33)16(24(27)35)25(28)36/h8,10,13,17-18,21,30-32,35,37H,1-7H3,(H2,28,36). The maximum atomic E-state index is 14.0. The number of aromatic hydroxyl groups is 1. The predicted octanol–water partition coefficient (Wildman–Crippen LogP) is 1.10. The molecular weight excluding hydrogens is 480 g/mol. The van der Waals surface area contributed by atoms with Gasteiger partial charge in [0, 0.05) is 17.1 Å². The summed E-state index contributed by atoms with van der Waals surface area (Å²) in [7, 11) is 2.94. The highest BCUT2D eigenvalue weighted by atomic mass is 16.4. The topological polar surface area (TPSA) is 182 Å². The molecule has 1 aromatic carbocycles. The lowest BCUT2D eigenvalue weighted by Crippen LogP contribution is -2.70. The van der Waals surface area contributed by atoms with E-state index in [-0.39, 0.29) is 11.3 Å². The third-order valence-electron chi connectivity index (χ3n) is 8.24. The van der Waals surface area contributed by atoms with Crippen LogP contribution in [-0.4, -0.2) is 79.7 Å². The van der Waals surface area contributed by atoms with Crippen LogP contribution in [0.1, 0.15) is 55.9 Å². The van der Waals surface area contributed by atoms with Crippen LogP contribution in [0.4, 0.5) is 0 Å². The zero-order chi connectivity index (χ0) is 28.1. The van der Waals surface area contributed by atoms with Gasteiger partial charge in [0.2, 0.25) is 5.78 Å². The fourth-order valence-electron chi connectivity index (χ4n) is 6.59. The summed E-state index contributed by atoms with van der Waals surface area (Å²) in [6, 6.07) is 0.425. The Labute approximate surface area is 214 Å². The number of nitrogens with two attached hydrogens (primary N) is 1. The number of primary amides is 1. The molecular formula is C27H34N2O8. The number of Topliss-reactive ketones (excluding diaryl/α,β-unsaturated/α-hetero) is 2. The van der Waals surface area contributed by atoms with Crippen LogP contribution in [0.3, 0.4) is 0 Å². The summed E-state index contributed by atoms with van der Waals surface area (Å²) >= 11 is 0. The highest BCUT2D eigenvalue weighted by molar-refractivity contribution is 6.24. The molecule has 0 bridgehead atoms. The summed E-state index contributed by atoms with van der Waals surface area (Å²) in [4.78, 5) is 40.7. The quantitative estimate of drug-likeness (QED) is 0.315. The van der Waals surface area contributed by atoms with Crippen molar-refractivity contribution in [3.8, 4) is 5.75 Å². The van der Waals surface area contributed by atoms with Gasteiger partial charge in [0.15, 0.2) is 11.4 Å². The number of hydrogen-bond donors (Lipinski definition) is 6. The van der Waals surface area contributed by atoms with Gasteiger partial charge in [-0.15, -0.1) is 0 Å². The van der Waals surface area contributed by atoms with E-state index in [1.807, 2.05) is 20.8 Å². The van der Waals surface area contributed by atoms with Crippen LogP contribution in [0.15, 0.2) is 23.0 Å². The minimum atomic E-state index is -2.92. The summed E-state index contributed by atoms with van der Waals surface area (Å²) in [5, 5.41) is 57.1. The van der Waals surface area contributed by atoms with Crippen LogP contribution >= 0.6 is 0 Å². The number of benzene rings is 1. The van der Waals surface area contributed by atoms with E-state index in [0.29, 0.717) is 11.1 Å². The average Bonchev–Trinajstić information content (AvgIpc) is 2.76. The summed E-state index contributed by atoms with van der Waals surface area (Å²) < 4.78 is 0. The van der Waals surface area contributed by atoms with Gasteiger partial charge in [-0.3, -0.25) is 19.3 Å². The van der Waals surface area contributed by atoms with Crippen LogP contribution in [0.2, 0.25) is 0 Å². The zero-order valence-electron chi connectivity index (χ0n) is 21.9. The molecule has 1 amide bonds. The molecule has 1 aromatic rings. The van der Waals surface area contributed by atoms with Gasteiger partial charge in [0.05, 0.1) is 23.6 Å². The Kier molecular flexibility index (Phi) is 5.91. The predicted molar refractivity (Wildman–Crippen MR) is 134 cm³/mol. The van der Waals surface area contributed by atoms with Crippen LogP contribution in [0.5, 0.6) is 5.75 Å². The van der Waals surface area contributed by atoms with Crippen molar-refractivity contribution in [1.82, 2.24) is 4.90 Å². The van der Waals surface area contributed by atoms with Crippen molar-refractivity contribution in [2.75, 3.05) is 14.1 Å². The van der Waals surface area contributed by atoms with Crippen molar-refractivity contribution < 1.29 is 39.9 Å². The van der Waals surface area contributed by atoms with Crippen molar-refractivity contribution in [2.45, 2.75) is 63.7 Å². The Morgan fingerprint density at radius 1 is 1.14 bits per heavy atom. The zero-order valence-corrected chi connectivity index (χ0v) is 21.9. The van der Waals surface area contributed by atoms with E-state index >= 15 is 0 Å². The van der Waals surface area contributed by atoms with Crippen molar-refractivity contribution in [2.24, 2.45) is 17.6 Å². The molecule has 0 radical (unpaired) electrons. The van der Waals surface area contributed by atoms with Gasteiger partial charge < -0.3 is 31.3 Å². The summed E-state index contributed by atoms with van der Waals surface area (Å²) in [6.07, 6.45) is -1.61. The first kappa shape index (κ1) is 26.8. The lowest BCUT2D eigenvalue weighted by molar-refractivity contribution is -0.169. The molecule has 3 aliphatic rings. The number of phenols is 1. The normalized spacial score (nSPS) is 31.9. The molecule has 0 aliphatic heterocycles. The first-order valence-electron chi connectivity index (χ1n) is 12.1. The van der Waals surface area contributed by atoms with Crippen LogP contribution in [-0.2, 0) is 19.8 Å².